The van der Waals surface area contributed by atoms with Gasteiger partial charge >= 0.3 is 0 Å². The number of carbonyl (C=O) groups is 1. The molecule has 1 aromatic carbocycles. The molecule has 1 fully saturated rings. The van der Waals surface area contributed by atoms with E-state index >= 15 is 0 Å². The lowest BCUT2D eigenvalue weighted by Crippen LogP contribution is -2.29. The van der Waals surface area contributed by atoms with Crippen molar-refractivity contribution >= 4 is 5.78 Å². The van der Waals surface area contributed by atoms with Crippen LogP contribution in [-0.4, -0.2) is 40.5 Å². The van der Waals surface area contributed by atoms with Crippen LogP contribution < -0.4 is 0 Å². The Morgan fingerprint density at radius 2 is 2.11 bits per heavy atom. The topological polar surface area (TPSA) is 60.8 Å². The number of phenolic OH excluding ortho intramolecular Hbond substituents is 2. The van der Waals surface area contributed by atoms with Crippen LogP contribution in [0.2, 0.25) is 0 Å². The van der Waals surface area contributed by atoms with Crippen molar-refractivity contribution in [1.82, 2.24) is 4.90 Å². The minimum Gasteiger partial charge on any atom is -0.508 e. The summed E-state index contributed by atoms with van der Waals surface area (Å²) in [6, 6.07) is 4.08. The third-order valence-electron chi connectivity index (χ3n) is 3.41. The summed E-state index contributed by atoms with van der Waals surface area (Å²) < 4.78 is 0. The number of hydrogen-bond donors (Lipinski definition) is 2. The average molecular weight is 249 g/mol. The number of ketones is 1. The molecule has 4 nitrogen and oxygen atoms in total. The van der Waals surface area contributed by atoms with Crippen LogP contribution in [-0.2, 0) is 0 Å². The standard InChI is InChI=1S/C14H19NO3/c1-14(2)5-6-15(9-14)8-13(18)11-4-3-10(16)7-12(11)17/h3-4,7,16-17H,5-6,8-9H2,1-2H3. The quantitative estimate of drug-likeness (QED) is 0.804. The molecule has 0 aromatic heterocycles. The van der Waals surface area contributed by atoms with Gasteiger partial charge in [-0.15, -0.1) is 0 Å². The lowest BCUT2D eigenvalue weighted by molar-refractivity contribution is 0.0937. The highest BCUT2D eigenvalue weighted by molar-refractivity contribution is 6.00. The predicted molar refractivity (Wildman–Crippen MR) is 68.9 cm³/mol. The first-order valence-corrected chi connectivity index (χ1v) is 6.15. The Labute approximate surface area is 107 Å². The summed E-state index contributed by atoms with van der Waals surface area (Å²) in [6.45, 7) is 6.52. The number of hydrogen-bond acceptors (Lipinski definition) is 4. The van der Waals surface area contributed by atoms with Crippen LogP contribution in [0, 0.1) is 5.41 Å². The zero-order valence-electron chi connectivity index (χ0n) is 10.8. The molecular formula is C14H19NO3. The average Bonchev–Trinajstić information content (AvgIpc) is 2.57. The molecule has 2 N–H and O–H groups in total. The van der Waals surface area contributed by atoms with Crippen molar-refractivity contribution in [1.29, 1.82) is 0 Å². The van der Waals surface area contributed by atoms with E-state index < -0.39 is 0 Å². The first-order chi connectivity index (χ1) is 8.37. The van der Waals surface area contributed by atoms with Crippen molar-refractivity contribution in [3.05, 3.63) is 23.8 Å². The van der Waals surface area contributed by atoms with E-state index in [4.69, 9.17) is 0 Å². The maximum absolute atomic E-state index is 12.1. The van der Waals surface area contributed by atoms with Crippen molar-refractivity contribution < 1.29 is 15.0 Å². The Kier molecular flexibility index (Phi) is 3.30. The number of likely N-dealkylation sites (tertiary alicyclic amines) is 1. The molecule has 0 radical (unpaired) electrons. The lowest BCUT2D eigenvalue weighted by Gasteiger charge is -2.19. The van der Waals surface area contributed by atoms with Gasteiger partial charge in [0.25, 0.3) is 0 Å². The minimum atomic E-state index is -0.154. The van der Waals surface area contributed by atoms with Crippen LogP contribution in [0.3, 0.4) is 0 Å². The number of benzene rings is 1. The zero-order valence-corrected chi connectivity index (χ0v) is 10.8. The van der Waals surface area contributed by atoms with E-state index in [0.717, 1.165) is 19.5 Å². The van der Waals surface area contributed by atoms with Crippen molar-refractivity contribution in [2.24, 2.45) is 5.41 Å². The fourth-order valence-corrected chi connectivity index (χ4v) is 2.40. The van der Waals surface area contributed by atoms with Gasteiger partial charge in [0.1, 0.15) is 11.5 Å². The molecule has 1 aromatic rings. The molecular weight excluding hydrogens is 230 g/mol. The minimum absolute atomic E-state index is 0.0358. The second-order valence-electron chi connectivity index (χ2n) is 5.75. The monoisotopic (exact) mass is 249 g/mol. The van der Waals surface area contributed by atoms with Gasteiger partial charge in [0, 0.05) is 12.6 Å². The van der Waals surface area contributed by atoms with E-state index in [1.165, 1.54) is 18.2 Å². The van der Waals surface area contributed by atoms with Gasteiger partial charge in [-0.05, 0) is 30.5 Å². The molecule has 1 aliphatic rings. The molecule has 0 saturated carbocycles. The first-order valence-electron chi connectivity index (χ1n) is 6.15. The third-order valence-corrected chi connectivity index (χ3v) is 3.41. The van der Waals surface area contributed by atoms with Crippen LogP contribution in [0.1, 0.15) is 30.6 Å². The highest BCUT2D eigenvalue weighted by atomic mass is 16.3. The Morgan fingerprint density at radius 3 is 2.67 bits per heavy atom. The van der Waals surface area contributed by atoms with E-state index in [1.54, 1.807) is 0 Å². The number of carbonyl (C=O) groups excluding carboxylic acids is 1. The summed E-state index contributed by atoms with van der Waals surface area (Å²) in [6.07, 6.45) is 1.09. The summed E-state index contributed by atoms with van der Waals surface area (Å²) >= 11 is 0. The summed E-state index contributed by atoms with van der Waals surface area (Å²) in [7, 11) is 0. The number of nitrogens with zero attached hydrogens (tertiary/aromatic N) is 1. The number of aromatic hydroxyl groups is 2. The largest absolute Gasteiger partial charge is 0.508 e. The van der Waals surface area contributed by atoms with Crippen LogP contribution in [0.15, 0.2) is 18.2 Å². The molecule has 2 rings (SSSR count). The van der Waals surface area contributed by atoms with Gasteiger partial charge in [0.15, 0.2) is 5.78 Å². The van der Waals surface area contributed by atoms with E-state index in [2.05, 4.69) is 18.7 Å². The molecule has 0 atom stereocenters. The second kappa shape index (κ2) is 4.61. The van der Waals surface area contributed by atoms with Crippen LogP contribution >= 0.6 is 0 Å². The van der Waals surface area contributed by atoms with Gasteiger partial charge in [-0.3, -0.25) is 9.69 Å². The van der Waals surface area contributed by atoms with Gasteiger partial charge in [-0.2, -0.15) is 0 Å². The van der Waals surface area contributed by atoms with Gasteiger partial charge in [0.05, 0.1) is 12.1 Å². The molecule has 1 saturated heterocycles. The normalized spacial score (nSPS) is 19.0. The summed E-state index contributed by atoms with van der Waals surface area (Å²) in [5, 5.41) is 18.8. The lowest BCUT2D eigenvalue weighted by atomic mass is 9.93. The smallest absolute Gasteiger partial charge is 0.180 e. The number of Topliss-reactive ketones (excluding diaryl/α,β-unsaturated/α-hetero) is 1. The van der Waals surface area contributed by atoms with Crippen LogP contribution in [0.25, 0.3) is 0 Å². The van der Waals surface area contributed by atoms with Crippen LogP contribution in [0.4, 0.5) is 0 Å². The van der Waals surface area contributed by atoms with Gasteiger partial charge in [0.2, 0.25) is 0 Å². The molecule has 98 valence electrons. The van der Waals surface area contributed by atoms with Crippen molar-refractivity contribution in [2.75, 3.05) is 19.6 Å². The van der Waals surface area contributed by atoms with Gasteiger partial charge < -0.3 is 10.2 Å². The fourth-order valence-electron chi connectivity index (χ4n) is 2.40. The second-order valence-corrected chi connectivity index (χ2v) is 5.75. The Balaban J connectivity index is 2.04. The SMILES string of the molecule is CC1(C)CCN(CC(=O)c2ccc(O)cc2O)C1. The summed E-state index contributed by atoms with van der Waals surface area (Å²) in [5.41, 5.74) is 0.537. The Morgan fingerprint density at radius 1 is 1.39 bits per heavy atom. The molecule has 0 unspecified atom stereocenters. The van der Waals surface area contributed by atoms with E-state index in [9.17, 15) is 15.0 Å². The van der Waals surface area contributed by atoms with Crippen molar-refractivity contribution in [3.63, 3.8) is 0 Å². The molecule has 0 bridgehead atoms. The zero-order chi connectivity index (χ0) is 13.3. The third kappa shape index (κ3) is 2.82. The maximum Gasteiger partial charge on any atom is 0.180 e. The molecule has 18 heavy (non-hydrogen) atoms. The van der Waals surface area contributed by atoms with E-state index in [0.29, 0.717) is 6.54 Å². The van der Waals surface area contributed by atoms with E-state index in [-0.39, 0.29) is 28.3 Å². The molecule has 0 amide bonds. The molecule has 4 heteroatoms. The highest BCUT2D eigenvalue weighted by Crippen LogP contribution is 2.29. The fraction of sp³-hybridized carbons (Fsp3) is 0.500. The summed E-state index contributed by atoms with van der Waals surface area (Å²) in [4.78, 5) is 14.2. The number of phenols is 2. The molecule has 0 spiro atoms. The van der Waals surface area contributed by atoms with Crippen molar-refractivity contribution in [3.8, 4) is 11.5 Å². The molecule has 0 aliphatic carbocycles. The maximum atomic E-state index is 12.1. The molecule has 1 aliphatic heterocycles. The predicted octanol–water partition coefficient (Wildman–Crippen LogP) is 2.01. The highest BCUT2D eigenvalue weighted by Gasteiger charge is 2.30. The Bertz CT molecular complexity index is 468. The van der Waals surface area contributed by atoms with Crippen molar-refractivity contribution in [2.45, 2.75) is 20.3 Å². The van der Waals surface area contributed by atoms with Gasteiger partial charge in [-0.1, -0.05) is 13.8 Å². The van der Waals surface area contributed by atoms with Gasteiger partial charge in [-0.25, -0.2) is 0 Å². The number of rotatable bonds is 3. The van der Waals surface area contributed by atoms with Crippen LogP contribution in [0.5, 0.6) is 11.5 Å². The first kappa shape index (κ1) is 12.9. The van der Waals surface area contributed by atoms with E-state index in [1.807, 2.05) is 0 Å². The molecule has 1 heterocycles. The summed E-state index contributed by atoms with van der Waals surface area (Å²) in [5.74, 6) is -0.296. The Hall–Kier alpha value is -1.55.